The zero-order valence-corrected chi connectivity index (χ0v) is 29.9. The van der Waals surface area contributed by atoms with Crippen LogP contribution < -0.4 is 0 Å². The van der Waals surface area contributed by atoms with Gasteiger partial charge in [-0.25, -0.2) is 0 Å². The lowest BCUT2D eigenvalue weighted by Gasteiger charge is -2.13. The summed E-state index contributed by atoms with van der Waals surface area (Å²) < 4.78 is 7.33. The van der Waals surface area contributed by atoms with E-state index in [2.05, 4.69) is 214 Å². The Morgan fingerprint density at radius 1 is 0.273 bits per heavy atom. The molecule has 0 aliphatic heterocycles. The zero-order chi connectivity index (χ0) is 36.0. The molecule has 3 heterocycles. The van der Waals surface area contributed by atoms with Gasteiger partial charge < -0.3 is 13.7 Å². The van der Waals surface area contributed by atoms with Crippen molar-refractivity contribution >= 4 is 76.2 Å². The minimum Gasteiger partial charge on any atom is -0.309 e. The van der Waals surface area contributed by atoms with E-state index in [1.165, 1.54) is 98.7 Å². The van der Waals surface area contributed by atoms with Gasteiger partial charge in [0, 0.05) is 49.1 Å². The van der Waals surface area contributed by atoms with Crippen LogP contribution in [0.15, 0.2) is 200 Å². The molecule has 0 unspecified atom stereocenters. The molecule has 0 saturated heterocycles. The molecule has 3 aromatic heterocycles. The van der Waals surface area contributed by atoms with Gasteiger partial charge in [-0.3, -0.25) is 0 Å². The highest BCUT2D eigenvalue weighted by Gasteiger charge is 2.22. The number of fused-ring (bicyclic) bond motifs is 11. The van der Waals surface area contributed by atoms with Crippen LogP contribution in [0.5, 0.6) is 0 Å². The quantitative estimate of drug-likeness (QED) is 0.174. The van der Waals surface area contributed by atoms with E-state index < -0.39 is 0 Å². The molecule has 12 aromatic rings. The molecule has 0 aliphatic rings. The standard InChI is InChI=1S/C52H33N3/c1-2-16-36(17-3-1)53-46-24-10-7-20-42(46)50-39(22-13-27-48(50)53)35-28-30-37(31-29-35)54-47-25-11-8-21-43(47)51-49(54)33-32-41-40-19-6-9-23-45(40)55(52(41)51)44-26-12-15-34-14-4-5-18-38(34)44/h1-33H. The van der Waals surface area contributed by atoms with Crippen molar-refractivity contribution in [3.63, 3.8) is 0 Å². The van der Waals surface area contributed by atoms with Crippen LogP contribution in [0.4, 0.5) is 0 Å². The van der Waals surface area contributed by atoms with E-state index in [1.807, 2.05) is 0 Å². The fourth-order valence-electron chi connectivity index (χ4n) is 9.35. The molecule has 0 atom stereocenters. The highest BCUT2D eigenvalue weighted by Crippen LogP contribution is 2.44. The Bertz CT molecular complexity index is 3460. The van der Waals surface area contributed by atoms with Crippen LogP contribution in [0.2, 0.25) is 0 Å². The Kier molecular flexibility index (Phi) is 6.34. The largest absolute Gasteiger partial charge is 0.309 e. The highest BCUT2D eigenvalue weighted by atomic mass is 15.0. The Hall–Kier alpha value is -7.36. The first-order chi connectivity index (χ1) is 27.3. The maximum Gasteiger partial charge on any atom is 0.0641 e. The Morgan fingerprint density at radius 3 is 1.55 bits per heavy atom. The van der Waals surface area contributed by atoms with Gasteiger partial charge in [-0.1, -0.05) is 140 Å². The number of hydrogen-bond acceptors (Lipinski definition) is 0. The van der Waals surface area contributed by atoms with Crippen LogP contribution in [-0.4, -0.2) is 13.7 Å². The molecule has 55 heavy (non-hydrogen) atoms. The van der Waals surface area contributed by atoms with Crippen molar-refractivity contribution < 1.29 is 0 Å². The summed E-state index contributed by atoms with van der Waals surface area (Å²) in [5.74, 6) is 0. The number of para-hydroxylation sites is 4. The molecular weight excluding hydrogens is 667 g/mol. The second kappa shape index (κ2) is 11.6. The maximum absolute atomic E-state index is 2.50. The Balaban J connectivity index is 1.10. The van der Waals surface area contributed by atoms with Crippen LogP contribution in [0, 0.1) is 0 Å². The average Bonchev–Trinajstić information content (AvgIpc) is 3.90. The van der Waals surface area contributed by atoms with Gasteiger partial charge in [0.2, 0.25) is 0 Å². The van der Waals surface area contributed by atoms with E-state index >= 15 is 0 Å². The summed E-state index contributed by atoms with van der Waals surface area (Å²) in [5.41, 5.74) is 13.2. The molecule has 3 nitrogen and oxygen atoms in total. The number of benzene rings is 9. The molecular formula is C52H33N3. The van der Waals surface area contributed by atoms with E-state index in [4.69, 9.17) is 0 Å². The summed E-state index contributed by atoms with van der Waals surface area (Å²) in [6, 6.07) is 73.1. The van der Waals surface area contributed by atoms with Gasteiger partial charge in [0.15, 0.2) is 0 Å². The van der Waals surface area contributed by atoms with Crippen molar-refractivity contribution in [2.75, 3.05) is 0 Å². The SMILES string of the molecule is c1ccc(-n2c3ccccc3c3c(-c4ccc(-n5c6ccccc6c6c5ccc5c7ccccc7n(-c7cccc8ccccc78)c56)cc4)cccc32)cc1. The molecule has 0 N–H and O–H groups in total. The molecule has 9 aromatic carbocycles. The Morgan fingerprint density at radius 2 is 0.800 bits per heavy atom. The fraction of sp³-hybridized carbons (Fsp3) is 0. The molecule has 0 aliphatic carbocycles. The second-order valence-corrected chi connectivity index (χ2v) is 14.5. The first-order valence-corrected chi connectivity index (χ1v) is 19.0. The van der Waals surface area contributed by atoms with Crippen LogP contribution in [0.3, 0.4) is 0 Å². The third-order valence-electron chi connectivity index (χ3n) is 11.6. The van der Waals surface area contributed by atoms with Crippen LogP contribution in [0.25, 0.3) is 104 Å². The van der Waals surface area contributed by atoms with Gasteiger partial charge in [-0.15, -0.1) is 0 Å². The number of aromatic nitrogens is 3. The lowest BCUT2D eigenvalue weighted by atomic mass is 9.99. The molecule has 0 radical (unpaired) electrons. The van der Waals surface area contributed by atoms with Crippen molar-refractivity contribution in [2.24, 2.45) is 0 Å². The van der Waals surface area contributed by atoms with Crippen LogP contribution >= 0.6 is 0 Å². The smallest absolute Gasteiger partial charge is 0.0641 e. The number of rotatable bonds is 4. The summed E-state index contributed by atoms with van der Waals surface area (Å²) in [4.78, 5) is 0. The monoisotopic (exact) mass is 699 g/mol. The lowest BCUT2D eigenvalue weighted by molar-refractivity contribution is 1.18. The van der Waals surface area contributed by atoms with Crippen molar-refractivity contribution in [3.05, 3.63) is 200 Å². The first-order valence-electron chi connectivity index (χ1n) is 19.0. The van der Waals surface area contributed by atoms with Crippen LogP contribution in [0.1, 0.15) is 0 Å². The van der Waals surface area contributed by atoms with Gasteiger partial charge >= 0.3 is 0 Å². The van der Waals surface area contributed by atoms with Gasteiger partial charge in [0.05, 0.1) is 38.8 Å². The van der Waals surface area contributed by atoms with Gasteiger partial charge in [-0.05, 0) is 77.2 Å². The summed E-state index contributed by atoms with van der Waals surface area (Å²) >= 11 is 0. The third kappa shape index (κ3) is 4.26. The third-order valence-corrected chi connectivity index (χ3v) is 11.6. The lowest BCUT2D eigenvalue weighted by Crippen LogP contribution is -1.96. The summed E-state index contributed by atoms with van der Waals surface area (Å²) in [7, 11) is 0. The molecule has 12 rings (SSSR count). The summed E-state index contributed by atoms with van der Waals surface area (Å²) in [5, 5.41) is 10.0. The van der Waals surface area contributed by atoms with Crippen molar-refractivity contribution in [1.29, 1.82) is 0 Å². The summed E-state index contributed by atoms with van der Waals surface area (Å²) in [6.07, 6.45) is 0. The van der Waals surface area contributed by atoms with Crippen molar-refractivity contribution in [3.8, 4) is 28.2 Å². The van der Waals surface area contributed by atoms with E-state index in [1.54, 1.807) is 0 Å². The Labute approximate surface area is 317 Å². The van der Waals surface area contributed by atoms with Gasteiger partial charge in [0.25, 0.3) is 0 Å². The van der Waals surface area contributed by atoms with Gasteiger partial charge in [-0.2, -0.15) is 0 Å². The molecule has 0 spiro atoms. The zero-order valence-electron chi connectivity index (χ0n) is 29.9. The second-order valence-electron chi connectivity index (χ2n) is 14.5. The maximum atomic E-state index is 2.50. The van der Waals surface area contributed by atoms with Crippen molar-refractivity contribution in [2.45, 2.75) is 0 Å². The van der Waals surface area contributed by atoms with E-state index in [9.17, 15) is 0 Å². The normalized spacial score (nSPS) is 12.0. The fourth-order valence-corrected chi connectivity index (χ4v) is 9.35. The molecule has 256 valence electrons. The first kappa shape index (κ1) is 30.1. The predicted octanol–water partition coefficient (Wildman–Crippen LogP) is 13.8. The predicted molar refractivity (Wildman–Crippen MR) is 232 cm³/mol. The van der Waals surface area contributed by atoms with E-state index in [0.717, 1.165) is 5.69 Å². The molecule has 0 amide bonds. The van der Waals surface area contributed by atoms with Gasteiger partial charge in [0.1, 0.15) is 0 Å². The number of hydrogen-bond donors (Lipinski definition) is 0. The highest BCUT2D eigenvalue weighted by molar-refractivity contribution is 6.26. The van der Waals surface area contributed by atoms with E-state index in [0.29, 0.717) is 0 Å². The van der Waals surface area contributed by atoms with Crippen molar-refractivity contribution in [1.82, 2.24) is 13.7 Å². The topological polar surface area (TPSA) is 14.8 Å². The van der Waals surface area contributed by atoms with E-state index in [-0.39, 0.29) is 0 Å². The minimum atomic E-state index is 1.14. The summed E-state index contributed by atoms with van der Waals surface area (Å²) in [6.45, 7) is 0. The average molecular weight is 700 g/mol. The molecule has 0 saturated carbocycles. The molecule has 3 heteroatoms. The molecule has 0 bridgehead atoms. The number of nitrogens with zero attached hydrogens (tertiary/aromatic N) is 3. The minimum absolute atomic E-state index is 1.14. The van der Waals surface area contributed by atoms with Crippen LogP contribution in [-0.2, 0) is 0 Å². The molecule has 0 fully saturated rings.